The van der Waals surface area contributed by atoms with Crippen LogP contribution >= 0.6 is 0 Å². The number of methoxy groups -OCH3 is 1. The van der Waals surface area contributed by atoms with Crippen molar-refractivity contribution in [3.8, 4) is 5.75 Å². The smallest absolute Gasteiger partial charge is 0.227 e. The molecule has 1 aliphatic rings. The van der Waals surface area contributed by atoms with Crippen LogP contribution in [0.2, 0.25) is 0 Å². The molecule has 0 aliphatic carbocycles. The van der Waals surface area contributed by atoms with Crippen molar-refractivity contribution in [2.45, 2.75) is 26.4 Å². The number of hydrogen-bond donors (Lipinski definition) is 1. The van der Waals surface area contributed by atoms with Gasteiger partial charge in [0.2, 0.25) is 11.8 Å². The molecule has 0 spiro atoms. The van der Waals surface area contributed by atoms with Gasteiger partial charge in [0.05, 0.1) is 24.3 Å². The second-order valence-corrected chi connectivity index (χ2v) is 5.82. The highest BCUT2D eigenvalue weighted by molar-refractivity contribution is 6.01. The topological polar surface area (TPSA) is 67.9 Å². The van der Waals surface area contributed by atoms with Crippen LogP contribution in [0.25, 0.3) is 0 Å². The molecule has 1 fully saturated rings. The van der Waals surface area contributed by atoms with Crippen molar-refractivity contribution in [3.05, 3.63) is 24.3 Å². The molecule has 23 heavy (non-hydrogen) atoms. The number of hydrogen-bond acceptors (Lipinski definition) is 4. The maximum atomic E-state index is 12.3. The van der Waals surface area contributed by atoms with E-state index in [1.165, 1.54) is 0 Å². The molecule has 1 aromatic rings. The van der Waals surface area contributed by atoms with Gasteiger partial charge in [0.25, 0.3) is 0 Å². The van der Waals surface area contributed by atoms with Crippen LogP contribution in [0.1, 0.15) is 20.3 Å². The lowest BCUT2D eigenvalue weighted by Crippen LogP contribution is -2.34. The molecule has 0 aromatic heterocycles. The summed E-state index contributed by atoms with van der Waals surface area (Å²) < 4.78 is 10.7. The highest BCUT2D eigenvalue weighted by Gasteiger charge is 2.36. The molecule has 126 valence electrons. The van der Waals surface area contributed by atoms with Gasteiger partial charge in [-0.05, 0) is 26.0 Å². The van der Waals surface area contributed by atoms with Crippen LogP contribution in [0.5, 0.6) is 5.75 Å². The third-order valence-electron chi connectivity index (χ3n) is 3.62. The van der Waals surface area contributed by atoms with E-state index in [0.717, 1.165) is 5.69 Å². The SMILES string of the molecule is COCCNC(=O)C1CC(=O)N(c2ccccc2OC(C)C)C1. The molecule has 1 saturated heterocycles. The van der Waals surface area contributed by atoms with E-state index in [9.17, 15) is 9.59 Å². The van der Waals surface area contributed by atoms with Crippen molar-refractivity contribution in [1.29, 1.82) is 0 Å². The molecule has 1 atom stereocenters. The number of nitrogens with zero attached hydrogens (tertiary/aromatic N) is 1. The van der Waals surface area contributed by atoms with E-state index in [0.29, 0.717) is 25.4 Å². The molecule has 2 rings (SSSR count). The number of benzene rings is 1. The molecule has 2 amide bonds. The third-order valence-corrected chi connectivity index (χ3v) is 3.62. The zero-order valence-corrected chi connectivity index (χ0v) is 13.9. The Morgan fingerprint density at radius 1 is 1.39 bits per heavy atom. The van der Waals surface area contributed by atoms with Gasteiger partial charge in [-0.2, -0.15) is 0 Å². The molecule has 1 heterocycles. The van der Waals surface area contributed by atoms with Crippen molar-refractivity contribution in [2.75, 3.05) is 31.7 Å². The van der Waals surface area contributed by atoms with Crippen LogP contribution in [-0.4, -0.2) is 44.7 Å². The van der Waals surface area contributed by atoms with Crippen LogP contribution in [0.15, 0.2) is 24.3 Å². The van der Waals surface area contributed by atoms with E-state index in [4.69, 9.17) is 9.47 Å². The first-order chi connectivity index (χ1) is 11.0. The van der Waals surface area contributed by atoms with E-state index >= 15 is 0 Å². The summed E-state index contributed by atoms with van der Waals surface area (Å²) in [5.41, 5.74) is 0.721. The van der Waals surface area contributed by atoms with Crippen molar-refractivity contribution in [3.63, 3.8) is 0 Å². The average Bonchev–Trinajstić information content (AvgIpc) is 2.89. The molecule has 0 saturated carbocycles. The predicted molar refractivity (Wildman–Crippen MR) is 87.6 cm³/mol. The summed E-state index contributed by atoms with van der Waals surface area (Å²) in [5, 5.41) is 2.79. The molecular weight excluding hydrogens is 296 g/mol. The highest BCUT2D eigenvalue weighted by atomic mass is 16.5. The maximum Gasteiger partial charge on any atom is 0.227 e. The Labute approximate surface area is 136 Å². The first kappa shape index (κ1) is 17.3. The Morgan fingerprint density at radius 3 is 2.83 bits per heavy atom. The minimum atomic E-state index is -0.341. The first-order valence-corrected chi connectivity index (χ1v) is 7.85. The van der Waals surface area contributed by atoms with Gasteiger partial charge in [-0.25, -0.2) is 0 Å². The Kier molecular flexibility index (Phi) is 5.98. The van der Waals surface area contributed by atoms with E-state index in [-0.39, 0.29) is 30.3 Å². The number of para-hydroxylation sites is 2. The monoisotopic (exact) mass is 320 g/mol. The van der Waals surface area contributed by atoms with Crippen molar-refractivity contribution < 1.29 is 19.1 Å². The lowest BCUT2D eigenvalue weighted by molar-refractivity contribution is -0.126. The van der Waals surface area contributed by atoms with Gasteiger partial charge in [0, 0.05) is 26.6 Å². The van der Waals surface area contributed by atoms with E-state index in [1.54, 1.807) is 12.0 Å². The molecule has 0 bridgehead atoms. The van der Waals surface area contributed by atoms with Gasteiger partial charge in [0.15, 0.2) is 0 Å². The zero-order chi connectivity index (χ0) is 16.8. The van der Waals surface area contributed by atoms with E-state index < -0.39 is 0 Å². The summed E-state index contributed by atoms with van der Waals surface area (Å²) in [4.78, 5) is 26.1. The van der Waals surface area contributed by atoms with Gasteiger partial charge in [-0.1, -0.05) is 12.1 Å². The van der Waals surface area contributed by atoms with Crippen LogP contribution in [-0.2, 0) is 14.3 Å². The number of amides is 2. The number of carbonyl (C=O) groups is 2. The minimum absolute atomic E-state index is 0.0157. The molecule has 1 unspecified atom stereocenters. The Morgan fingerprint density at radius 2 is 2.13 bits per heavy atom. The molecule has 6 nitrogen and oxygen atoms in total. The molecule has 1 N–H and O–H groups in total. The normalized spacial score (nSPS) is 17.7. The lowest BCUT2D eigenvalue weighted by Gasteiger charge is -2.21. The molecular formula is C17H24N2O4. The number of nitrogens with one attached hydrogen (secondary N) is 1. The number of anilines is 1. The van der Waals surface area contributed by atoms with Crippen LogP contribution in [0.4, 0.5) is 5.69 Å². The van der Waals surface area contributed by atoms with Crippen LogP contribution in [0, 0.1) is 5.92 Å². The predicted octanol–water partition coefficient (Wildman–Crippen LogP) is 1.59. The molecule has 0 radical (unpaired) electrons. The fourth-order valence-electron chi connectivity index (χ4n) is 2.57. The van der Waals surface area contributed by atoms with Gasteiger partial charge in [-0.15, -0.1) is 0 Å². The molecule has 1 aliphatic heterocycles. The van der Waals surface area contributed by atoms with Crippen molar-refractivity contribution >= 4 is 17.5 Å². The summed E-state index contributed by atoms with van der Waals surface area (Å²) in [5.74, 6) is 0.152. The summed E-state index contributed by atoms with van der Waals surface area (Å²) in [6, 6.07) is 7.42. The van der Waals surface area contributed by atoms with Gasteiger partial charge in [0.1, 0.15) is 5.75 Å². The van der Waals surface area contributed by atoms with Gasteiger partial charge in [-0.3, -0.25) is 9.59 Å². The lowest BCUT2D eigenvalue weighted by atomic mass is 10.1. The standard InChI is InChI=1S/C17H24N2O4/c1-12(2)23-15-7-5-4-6-14(15)19-11-13(10-16(19)20)17(21)18-8-9-22-3/h4-7,12-13H,8-11H2,1-3H3,(H,18,21). The van der Waals surface area contributed by atoms with Gasteiger partial charge >= 0.3 is 0 Å². The van der Waals surface area contributed by atoms with Crippen LogP contribution in [0.3, 0.4) is 0 Å². The number of rotatable bonds is 7. The number of ether oxygens (including phenoxy) is 2. The zero-order valence-electron chi connectivity index (χ0n) is 13.9. The molecule has 1 aromatic carbocycles. The van der Waals surface area contributed by atoms with Crippen molar-refractivity contribution in [2.24, 2.45) is 5.92 Å². The highest BCUT2D eigenvalue weighted by Crippen LogP contribution is 2.33. The largest absolute Gasteiger partial charge is 0.489 e. The Balaban J connectivity index is 2.07. The third kappa shape index (κ3) is 4.45. The summed E-state index contributed by atoms with van der Waals surface area (Å²) in [6.07, 6.45) is 0.233. The van der Waals surface area contributed by atoms with E-state index in [1.807, 2.05) is 38.1 Å². The first-order valence-electron chi connectivity index (χ1n) is 7.85. The fourth-order valence-corrected chi connectivity index (χ4v) is 2.57. The van der Waals surface area contributed by atoms with E-state index in [2.05, 4.69) is 5.32 Å². The second kappa shape index (κ2) is 7.97. The average molecular weight is 320 g/mol. The Hall–Kier alpha value is -2.08. The summed E-state index contributed by atoms with van der Waals surface area (Å²) in [7, 11) is 1.58. The molecule has 6 heteroatoms. The van der Waals surface area contributed by atoms with Gasteiger partial charge < -0.3 is 19.7 Å². The summed E-state index contributed by atoms with van der Waals surface area (Å²) in [6.45, 7) is 5.16. The van der Waals surface area contributed by atoms with Crippen LogP contribution < -0.4 is 15.0 Å². The summed E-state index contributed by atoms with van der Waals surface area (Å²) >= 11 is 0. The Bertz CT molecular complexity index is 559. The second-order valence-electron chi connectivity index (χ2n) is 5.82. The quantitative estimate of drug-likeness (QED) is 0.775. The fraction of sp³-hybridized carbons (Fsp3) is 0.529. The minimum Gasteiger partial charge on any atom is -0.489 e. The number of carbonyl (C=O) groups excluding carboxylic acids is 2. The van der Waals surface area contributed by atoms with Crippen molar-refractivity contribution in [1.82, 2.24) is 5.32 Å². The maximum absolute atomic E-state index is 12.3.